The Kier molecular flexibility index (Phi) is 3.98. The zero-order valence-corrected chi connectivity index (χ0v) is 12.6. The van der Waals surface area contributed by atoms with Gasteiger partial charge in [0, 0.05) is 25.7 Å². The van der Waals surface area contributed by atoms with Crippen molar-refractivity contribution < 1.29 is 4.74 Å². The number of ether oxygens (including phenoxy) is 1. The molecule has 1 heterocycles. The first-order valence-electron chi connectivity index (χ1n) is 6.59. The van der Waals surface area contributed by atoms with Crippen molar-refractivity contribution >= 4 is 0 Å². The van der Waals surface area contributed by atoms with Crippen LogP contribution in [0.5, 0.6) is 0 Å². The smallest absolute Gasteiger partial charge is 0.0760 e. The molecule has 0 bridgehead atoms. The van der Waals surface area contributed by atoms with Crippen molar-refractivity contribution in [2.45, 2.75) is 65.7 Å². The van der Waals surface area contributed by atoms with Crippen molar-refractivity contribution in [1.29, 1.82) is 0 Å². The third-order valence-electron chi connectivity index (χ3n) is 3.33. The van der Waals surface area contributed by atoms with Crippen molar-refractivity contribution in [3.05, 3.63) is 0 Å². The van der Waals surface area contributed by atoms with E-state index in [0.717, 1.165) is 19.6 Å². The molecule has 0 aromatic carbocycles. The first kappa shape index (κ1) is 14.9. The largest absolute Gasteiger partial charge is 0.367 e. The number of nitrogens with zero attached hydrogens (tertiary/aromatic N) is 1. The van der Waals surface area contributed by atoms with Crippen LogP contribution < -0.4 is 5.73 Å². The average Bonchev–Trinajstić information content (AvgIpc) is 1.94. The van der Waals surface area contributed by atoms with Gasteiger partial charge < -0.3 is 10.5 Å². The molecule has 1 atom stereocenters. The Morgan fingerprint density at radius 1 is 1.12 bits per heavy atom. The van der Waals surface area contributed by atoms with E-state index >= 15 is 0 Å². The number of hydrogen-bond donors (Lipinski definition) is 1. The highest BCUT2D eigenvalue weighted by atomic mass is 16.5. The van der Waals surface area contributed by atoms with E-state index in [1.54, 1.807) is 0 Å². The predicted octanol–water partition coefficient (Wildman–Crippen LogP) is 2.25. The SMILES string of the molecule is CC1(C)CN(CC(N)C(C)(C)C)CC(C)(C)O1. The Bertz CT molecular complexity index is 250. The van der Waals surface area contributed by atoms with Crippen LogP contribution in [0.25, 0.3) is 0 Å². The Hall–Kier alpha value is -0.120. The Morgan fingerprint density at radius 2 is 1.53 bits per heavy atom. The van der Waals surface area contributed by atoms with E-state index < -0.39 is 0 Å². The maximum atomic E-state index is 6.28. The van der Waals surface area contributed by atoms with Gasteiger partial charge >= 0.3 is 0 Å². The van der Waals surface area contributed by atoms with Crippen molar-refractivity contribution in [3.8, 4) is 0 Å². The second-order valence-electron chi connectivity index (χ2n) is 7.76. The lowest BCUT2D eigenvalue weighted by atomic mass is 9.86. The summed E-state index contributed by atoms with van der Waals surface area (Å²) in [6, 6.07) is 0.201. The quantitative estimate of drug-likeness (QED) is 0.807. The van der Waals surface area contributed by atoms with E-state index in [1.165, 1.54) is 0 Å². The van der Waals surface area contributed by atoms with Crippen LogP contribution in [0.15, 0.2) is 0 Å². The van der Waals surface area contributed by atoms with E-state index in [-0.39, 0.29) is 22.7 Å². The number of nitrogens with two attached hydrogens (primary N) is 1. The monoisotopic (exact) mass is 242 g/mol. The maximum absolute atomic E-state index is 6.28. The lowest BCUT2D eigenvalue weighted by Crippen LogP contribution is -2.60. The maximum Gasteiger partial charge on any atom is 0.0760 e. The molecule has 1 rings (SSSR count). The van der Waals surface area contributed by atoms with Gasteiger partial charge in [0.05, 0.1) is 11.2 Å². The molecule has 0 spiro atoms. The third kappa shape index (κ3) is 4.57. The van der Waals surface area contributed by atoms with Crippen LogP contribution in [0.2, 0.25) is 0 Å². The van der Waals surface area contributed by atoms with Gasteiger partial charge in [-0.3, -0.25) is 4.90 Å². The average molecular weight is 242 g/mol. The summed E-state index contributed by atoms with van der Waals surface area (Å²) < 4.78 is 6.08. The minimum Gasteiger partial charge on any atom is -0.367 e. The zero-order chi connectivity index (χ0) is 13.5. The molecule has 2 N–H and O–H groups in total. The van der Waals surface area contributed by atoms with E-state index in [1.807, 2.05) is 0 Å². The molecule has 1 unspecified atom stereocenters. The molecule has 0 aliphatic carbocycles. The second kappa shape index (κ2) is 4.52. The van der Waals surface area contributed by atoms with Crippen LogP contribution in [-0.2, 0) is 4.74 Å². The summed E-state index contributed by atoms with van der Waals surface area (Å²) in [4.78, 5) is 2.44. The minimum atomic E-state index is -0.0840. The molecule has 3 nitrogen and oxygen atoms in total. The van der Waals surface area contributed by atoms with Gasteiger partial charge in [-0.25, -0.2) is 0 Å². The first-order valence-corrected chi connectivity index (χ1v) is 6.59. The molecule has 1 aliphatic rings. The van der Waals surface area contributed by atoms with Crippen molar-refractivity contribution in [2.24, 2.45) is 11.1 Å². The number of hydrogen-bond acceptors (Lipinski definition) is 3. The van der Waals surface area contributed by atoms with Crippen LogP contribution in [0, 0.1) is 5.41 Å². The van der Waals surface area contributed by atoms with Crippen molar-refractivity contribution in [2.75, 3.05) is 19.6 Å². The molecule has 3 heteroatoms. The highest BCUT2D eigenvalue weighted by molar-refractivity contribution is 4.91. The second-order valence-corrected chi connectivity index (χ2v) is 7.76. The summed E-state index contributed by atoms with van der Waals surface area (Å²) in [6.45, 7) is 18.1. The summed E-state index contributed by atoms with van der Waals surface area (Å²) in [7, 11) is 0. The Morgan fingerprint density at radius 3 is 1.88 bits per heavy atom. The third-order valence-corrected chi connectivity index (χ3v) is 3.33. The standard InChI is InChI=1S/C14H30N2O/c1-12(2,3)11(15)8-16-9-13(4,5)17-14(6,7)10-16/h11H,8-10,15H2,1-7H3. The summed E-state index contributed by atoms with van der Waals surface area (Å²) in [6.07, 6.45) is 0. The number of morpholine rings is 1. The van der Waals surface area contributed by atoms with Crippen LogP contribution >= 0.6 is 0 Å². The van der Waals surface area contributed by atoms with E-state index in [9.17, 15) is 0 Å². The fraction of sp³-hybridized carbons (Fsp3) is 1.00. The fourth-order valence-corrected chi connectivity index (χ4v) is 2.63. The zero-order valence-electron chi connectivity index (χ0n) is 12.6. The highest BCUT2D eigenvalue weighted by Crippen LogP contribution is 2.29. The molecule has 1 fully saturated rings. The van der Waals surface area contributed by atoms with E-state index in [4.69, 9.17) is 10.5 Å². The van der Waals surface area contributed by atoms with Crippen molar-refractivity contribution in [3.63, 3.8) is 0 Å². The van der Waals surface area contributed by atoms with Gasteiger partial charge in [-0.05, 0) is 33.1 Å². The molecule has 0 aromatic rings. The normalized spacial score (nSPS) is 26.8. The van der Waals surface area contributed by atoms with Crippen LogP contribution in [0.4, 0.5) is 0 Å². The fourth-order valence-electron chi connectivity index (χ4n) is 2.63. The van der Waals surface area contributed by atoms with E-state index in [2.05, 4.69) is 53.4 Å². The van der Waals surface area contributed by atoms with E-state index in [0.29, 0.717) is 0 Å². The predicted molar refractivity (Wildman–Crippen MR) is 73.1 cm³/mol. The van der Waals surface area contributed by atoms with Gasteiger partial charge in [0.2, 0.25) is 0 Å². The topological polar surface area (TPSA) is 38.5 Å². The molecule has 0 radical (unpaired) electrons. The highest BCUT2D eigenvalue weighted by Gasteiger charge is 2.39. The number of rotatable bonds is 2. The van der Waals surface area contributed by atoms with Gasteiger partial charge in [0.15, 0.2) is 0 Å². The minimum absolute atomic E-state index is 0.0840. The van der Waals surface area contributed by atoms with Gasteiger partial charge in [0.25, 0.3) is 0 Å². The van der Waals surface area contributed by atoms with Gasteiger partial charge in [-0.15, -0.1) is 0 Å². The molecular formula is C14H30N2O. The lowest BCUT2D eigenvalue weighted by molar-refractivity contribution is -0.181. The van der Waals surface area contributed by atoms with Gasteiger partial charge in [0.1, 0.15) is 0 Å². The molecule has 0 aromatic heterocycles. The molecule has 1 saturated heterocycles. The molecule has 102 valence electrons. The Labute approximate surface area is 107 Å². The molecule has 0 amide bonds. The molecule has 17 heavy (non-hydrogen) atoms. The van der Waals surface area contributed by atoms with Gasteiger partial charge in [-0.2, -0.15) is 0 Å². The summed E-state index contributed by atoms with van der Waals surface area (Å²) in [5.74, 6) is 0. The molecule has 1 aliphatic heterocycles. The van der Waals surface area contributed by atoms with Crippen LogP contribution in [0.3, 0.4) is 0 Å². The van der Waals surface area contributed by atoms with Gasteiger partial charge in [-0.1, -0.05) is 20.8 Å². The summed E-state index contributed by atoms with van der Waals surface area (Å²) in [5.41, 5.74) is 6.27. The lowest BCUT2D eigenvalue weighted by Gasteiger charge is -2.48. The molecule has 0 saturated carbocycles. The first-order chi connectivity index (χ1) is 7.41. The Balaban J connectivity index is 2.66. The molecular weight excluding hydrogens is 212 g/mol. The van der Waals surface area contributed by atoms with Crippen LogP contribution in [-0.4, -0.2) is 41.8 Å². The summed E-state index contributed by atoms with van der Waals surface area (Å²) >= 11 is 0. The van der Waals surface area contributed by atoms with Crippen molar-refractivity contribution in [1.82, 2.24) is 4.90 Å². The summed E-state index contributed by atoms with van der Waals surface area (Å²) in [5, 5.41) is 0. The van der Waals surface area contributed by atoms with Crippen LogP contribution in [0.1, 0.15) is 48.5 Å².